The molecule has 0 atom stereocenters. The van der Waals surface area contributed by atoms with Crippen LogP contribution in [0.5, 0.6) is 0 Å². The lowest BCUT2D eigenvalue weighted by atomic mass is 10.1. The van der Waals surface area contributed by atoms with Gasteiger partial charge in [-0.05, 0) is 37.6 Å². The number of anilines is 2. The summed E-state index contributed by atoms with van der Waals surface area (Å²) in [6, 6.07) is 12.3. The molecule has 0 saturated carbocycles. The second-order valence-electron chi connectivity index (χ2n) is 6.07. The summed E-state index contributed by atoms with van der Waals surface area (Å²) in [5.74, 6) is 0. The van der Waals surface area contributed by atoms with Crippen molar-refractivity contribution in [3.8, 4) is 6.07 Å². The fourth-order valence-electron chi connectivity index (χ4n) is 3.29. The molecule has 0 radical (unpaired) electrons. The number of nitrogens with zero attached hydrogens (tertiary/aromatic N) is 4. The molecule has 0 bridgehead atoms. The fraction of sp³-hybridized carbons (Fsp3) is 0.300. The van der Waals surface area contributed by atoms with E-state index in [4.69, 9.17) is 0 Å². The average Bonchev–Trinajstić information content (AvgIpc) is 2.62. The van der Waals surface area contributed by atoms with E-state index in [-0.39, 0.29) is 0 Å². The number of pyridine rings is 1. The van der Waals surface area contributed by atoms with Gasteiger partial charge in [0.05, 0.1) is 22.6 Å². The molecule has 2 heterocycles. The molecule has 4 heteroatoms. The molecule has 0 unspecified atom stereocenters. The lowest BCUT2D eigenvalue weighted by Gasteiger charge is -2.38. The maximum absolute atomic E-state index is 9.29. The molecule has 0 spiro atoms. The summed E-state index contributed by atoms with van der Waals surface area (Å²) in [6.07, 6.45) is 1.87. The van der Waals surface area contributed by atoms with E-state index in [1.54, 1.807) is 0 Å². The first kappa shape index (κ1) is 16.1. The van der Waals surface area contributed by atoms with E-state index in [0.717, 1.165) is 54.4 Å². The van der Waals surface area contributed by atoms with Crippen LogP contribution in [-0.4, -0.2) is 31.2 Å². The number of hydrogen-bond acceptors (Lipinski definition) is 4. The molecule has 2 aromatic rings. The number of hydrogen-bond donors (Lipinski definition) is 0. The Morgan fingerprint density at radius 2 is 1.67 bits per heavy atom. The predicted molar refractivity (Wildman–Crippen MR) is 99.4 cm³/mol. The highest BCUT2D eigenvalue weighted by Gasteiger charge is 2.21. The van der Waals surface area contributed by atoms with Crippen molar-refractivity contribution >= 4 is 17.5 Å². The molecule has 3 rings (SSSR count). The van der Waals surface area contributed by atoms with Crippen molar-refractivity contribution in [2.75, 3.05) is 36.0 Å². The van der Waals surface area contributed by atoms with Gasteiger partial charge in [0.25, 0.3) is 0 Å². The third kappa shape index (κ3) is 2.98. The van der Waals surface area contributed by atoms with E-state index >= 15 is 0 Å². The summed E-state index contributed by atoms with van der Waals surface area (Å²) in [6.45, 7) is 11.6. The lowest BCUT2D eigenvalue weighted by Crippen LogP contribution is -2.47. The SMILES string of the molecule is C=Cc1cc(N2CCN(c3ccccc3C#N)CC2)c(C)nc1C. The fourth-order valence-corrected chi connectivity index (χ4v) is 3.29. The van der Waals surface area contributed by atoms with E-state index < -0.39 is 0 Å². The highest BCUT2D eigenvalue weighted by atomic mass is 15.3. The van der Waals surface area contributed by atoms with Gasteiger partial charge in [-0.2, -0.15) is 5.26 Å². The summed E-state index contributed by atoms with van der Waals surface area (Å²) in [5, 5.41) is 9.29. The maximum Gasteiger partial charge on any atom is 0.101 e. The topological polar surface area (TPSA) is 43.2 Å². The molecule has 1 aromatic heterocycles. The average molecular weight is 318 g/mol. The Morgan fingerprint density at radius 3 is 2.29 bits per heavy atom. The van der Waals surface area contributed by atoms with Crippen molar-refractivity contribution in [1.82, 2.24) is 4.98 Å². The molecule has 1 aromatic carbocycles. The summed E-state index contributed by atoms with van der Waals surface area (Å²) in [4.78, 5) is 9.32. The van der Waals surface area contributed by atoms with Crippen molar-refractivity contribution in [3.63, 3.8) is 0 Å². The number of piperazine rings is 1. The van der Waals surface area contributed by atoms with Gasteiger partial charge in [-0.25, -0.2) is 0 Å². The van der Waals surface area contributed by atoms with Gasteiger partial charge in [-0.3, -0.25) is 4.98 Å². The molecule has 1 aliphatic rings. The third-order valence-corrected chi connectivity index (χ3v) is 4.62. The second-order valence-corrected chi connectivity index (χ2v) is 6.07. The summed E-state index contributed by atoms with van der Waals surface area (Å²) >= 11 is 0. The number of benzene rings is 1. The Kier molecular flexibility index (Phi) is 4.52. The second kappa shape index (κ2) is 6.76. The number of nitriles is 1. The van der Waals surface area contributed by atoms with Crippen molar-refractivity contribution in [2.24, 2.45) is 0 Å². The summed E-state index contributed by atoms with van der Waals surface area (Å²) < 4.78 is 0. The molecule has 0 amide bonds. The predicted octanol–water partition coefficient (Wildman–Crippen LogP) is 3.54. The minimum Gasteiger partial charge on any atom is -0.367 e. The highest BCUT2D eigenvalue weighted by Crippen LogP contribution is 2.26. The number of rotatable bonds is 3. The van der Waals surface area contributed by atoms with E-state index in [1.165, 1.54) is 5.69 Å². The molecule has 1 fully saturated rings. The molecule has 1 saturated heterocycles. The van der Waals surface area contributed by atoms with Crippen molar-refractivity contribution < 1.29 is 0 Å². The van der Waals surface area contributed by atoms with Crippen LogP contribution in [-0.2, 0) is 0 Å². The monoisotopic (exact) mass is 318 g/mol. The van der Waals surface area contributed by atoms with Gasteiger partial charge >= 0.3 is 0 Å². The molecular formula is C20H22N4. The molecule has 4 nitrogen and oxygen atoms in total. The molecular weight excluding hydrogens is 296 g/mol. The minimum absolute atomic E-state index is 0.744. The van der Waals surface area contributed by atoms with Crippen molar-refractivity contribution in [3.05, 3.63) is 59.4 Å². The van der Waals surface area contributed by atoms with Crippen molar-refractivity contribution in [2.45, 2.75) is 13.8 Å². The Bertz CT molecular complexity index is 796. The van der Waals surface area contributed by atoms with E-state index in [1.807, 2.05) is 37.3 Å². The third-order valence-electron chi connectivity index (χ3n) is 4.62. The Labute approximate surface area is 143 Å². The highest BCUT2D eigenvalue weighted by molar-refractivity contribution is 5.63. The quantitative estimate of drug-likeness (QED) is 0.868. The number of para-hydroxylation sites is 1. The smallest absolute Gasteiger partial charge is 0.101 e. The largest absolute Gasteiger partial charge is 0.367 e. The molecule has 0 N–H and O–H groups in total. The van der Waals surface area contributed by atoms with Crippen LogP contribution >= 0.6 is 0 Å². The standard InChI is InChI=1S/C20H22N4/c1-4-17-13-20(16(3)22-15(17)2)24-11-9-23(10-12-24)19-8-6-5-7-18(19)14-21/h4-8,13H,1,9-12H2,2-3H3. The van der Waals surface area contributed by atoms with Crippen LogP contribution in [0.4, 0.5) is 11.4 Å². The van der Waals surface area contributed by atoms with Crippen LogP contribution in [0.3, 0.4) is 0 Å². The normalized spacial score (nSPS) is 14.4. The maximum atomic E-state index is 9.29. The van der Waals surface area contributed by atoms with E-state index in [2.05, 4.69) is 40.4 Å². The Morgan fingerprint density at radius 1 is 1.04 bits per heavy atom. The first-order valence-corrected chi connectivity index (χ1v) is 8.23. The van der Waals surface area contributed by atoms with Crippen LogP contribution in [0.2, 0.25) is 0 Å². The number of aromatic nitrogens is 1. The zero-order valence-electron chi connectivity index (χ0n) is 14.3. The van der Waals surface area contributed by atoms with Gasteiger partial charge < -0.3 is 9.80 Å². The summed E-state index contributed by atoms with van der Waals surface area (Å²) in [5.41, 5.74) is 6.13. The Hall–Kier alpha value is -2.80. The van der Waals surface area contributed by atoms with Crippen LogP contribution < -0.4 is 9.80 Å². The lowest BCUT2D eigenvalue weighted by molar-refractivity contribution is 0.650. The van der Waals surface area contributed by atoms with Gasteiger partial charge in [0, 0.05) is 31.9 Å². The first-order valence-electron chi connectivity index (χ1n) is 8.23. The van der Waals surface area contributed by atoms with Crippen LogP contribution in [0, 0.1) is 25.2 Å². The molecule has 0 aliphatic carbocycles. The van der Waals surface area contributed by atoms with Gasteiger partial charge in [-0.1, -0.05) is 24.8 Å². The number of aryl methyl sites for hydroxylation is 2. The zero-order chi connectivity index (χ0) is 17.1. The summed E-state index contributed by atoms with van der Waals surface area (Å²) in [7, 11) is 0. The van der Waals surface area contributed by atoms with Gasteiger partial charge in [0.15, 0.2) is 0 Å². The van der Waals surface area contributed by atoms with E-state index in [9.17, 15) is 5.26 Å². The van der Waals surface area contributed by atoms with Crippen LogP contribution in [0.25, 0.3) is 6.08 Å². The molecule has 24 heavy (non-hydrogen) atoms. The molecule has 122 valence electrons. The van der Waals surface area contributed by atoms with Crippen LogP contribution in [0.15, 0.2) is 36.9 Å². The molecule has 1 aliphatic heterocycles. The Balaban J connectivity index is 1.78. The van der Waals surface area contributed by atoms with E-state index in [0.29, 0.717) is 0 Å². The van der Waals surface area contributed by atoms with Gasteiger partial charge in [-0.15, -0.1) is 0 Å². The van der Waals surface area contributed by atoms with Gasteiger partial charge in [0.2, 0.25) is 0 Å². The van der Waals surface area contributed by atoms with Crippen LogP contribution in [0.1, 0.15) is 22.5 Å². The minimum atomic E-state index is 0.744. The van der Waals surface area contributed by atoms with Crippen molar-refractivity contribution in [1.29, 1.82) is 5.26 Å². The first-order chi connectivity index (χ1) is 11.6. The van der Waals surface area contributed by atoms with Gasteiger partial charge in [0.1, 0.15) is 6.07 Å². The zero-order valence-corrected chi connectivity index (χ0v) is 14.3.